The molecule has 4 nitrogen and oxygen atoms in total. The van der Waals surface area contributed by atoms with Crippen LogP contribution in [0.2, 0.25) is 0 Å². The predicted octanol–water partition coefficient (Wildman–Crippen LogP) is 1.11. The topological polar surface area (TPSA) is 64.7 Å². The van der Waals surface area contributed by atoms with Crippen molar-refractivity contribution >= 4 is 0 Å². The molecule has 0 aromatic heterocycles. The highest BCUT2D eigenvalue weighted by atomic mass is 16.7. The van der Waals surface area contributed by atoms with Gasteiger partial charge in [-0.3, -0.25) is 0 Å². The van der Waals surface area contributed by atoms with Gasteiger partial charge in [0, 0.05) is 5.56 Å². The number of hydrogen-bond donors (Lipinski definition) is 2. The normalized spacial score (nSPS) is 15.4. The highest BCUT2D eigenvalue weighted by Gasteiger charge is 2.20. The van der Waals surface area contributed by atoms with E-state index in [0.29, 0.717) is 13.0 Å². The number of rotatable bonds is 3. The molecule has 0 aliphatic carbocycles. The molecule has 2 rings (SSSR count). The van der Waals surface area contributed by atoms with Crippen LogP contribution in [0.5, 0.6) is 11.5 Å². The summed E-state index contributed by atoms with van der Waals surface area (Å²) in [4.78, 5) is 0. The Bertz CT molecular complexity index is 365. The Morgan fingerprint density at radius 2 is 2.27 bits per heavy atom. The van der Waals surface area contributed by atoms with Crippen molar-refractivity contribution in [1.82, 2.24) is 0 Å². The van der Waals surface area contributed by atoms with Crippen LogP contribution in [0.25, 0.3) is 0 Å². The minimum absolute atomic E-state index is 0.257. The zero-order valence-corrected chi connectivity index (χ0v) is 8.69. The highest BCUT2D eigenvalue weighted by Crippen LogP contribution is 2.39. The van der Waals surface area contributed by atoms with Crippen LogP contribution < -0.4 is 15.2 Å². The number of fused-ring (bicyclic) bond motifs is 1. The Kier molecular flexibility index (Phi) is 2.79. The molecular weight excluding hydrogens is 194 g/mol. The molecule has 0 fully saturated rings. The third-order valence-corrected chi connectivity index (χ3v) is 2.63. The largest absolute Gasteiger partial charge is 0.454 e. The smallest absolute Gasteiger partial charge is 0.231 e. The standard InChI is InChI=1S/C11H15NO3/c1-7-8(9(13)4-5-12)2-3-10-11(7)15-6-14-10/h2-3,9,13H,4-6,12H2,1H3. The lowest BCUT2D eigenvalue weighted by atomic mass is 10.00. The van der Waals surface area contributed by atoms with E-state index in [1.165, 1.54) is 0 Å². The third-order valence-electron chi connectivity index (χ3n) is 2.63. The molecule has 0 radical (unpaired) electrons. The molecule has 1 unspecified atom stereocenters. The van der Waals surface area contributed by atoms with Crippen LogP contribution in [0.1, 0.15) is 23.7 Å². The molecule has 1 aromatic rings. The Morgan fingerprint density at radius 1 is 1.47 bits per heavy atom. The zero-order valence-electron chi connectivity index (χ0n) is 8.69. The van der Waals surface area contributed by atoms with Gasteiger partial charge in [0.2, 0.25) is 6.79 Å². The van der Waals surface area contributed by atoms with Crippen molar-refractivity contribution in [2.45, 2.75) is 19.4 Å². The maximum Gasteiger partial charge on any atom is 0.231 e. The van der Waals surface area contributed by atoms with E-state index >= 15 is 0 Å². The third kappa shape index (κ3) is 1.78. The van der Waals surface area contributed by atoms with Gasteiger partial charge in [-0.05, 0) is 31.5 Å². The van der Waals surface area contributed by atoms with Gasteiger partial charge in [-0.15, -0.1) is 0 Å². The van der Waals surface area contributed by atoms with Crippen LogP contribution in [-0.4, -0.2) is 18.4 Å². The van der Waals surface area contributed by atoms with E-state index in [-0.39, 0.29) is 6.79 Å². The summed E-state index contributed by atoms with van der Waals surface area (Å²) >= 11 is 0. The molecule has 0 saturated heterocycles. The van der Waals surface area contributed by atoms with Gasteiger partial charge < -0.3 is 20.3 Å². The van der Waals surface area contributed by atoms with Crippen LogP contribution in [0.4, 0.5) is 0 Å². The lowest BCUT2D eigenvalue weighted by Gasteiger charge is -2.13. The first kappa shape index (κ1) is 10.3. The minimum Gasteiger partial charge on any atom is -0.454 e. The molecule has 0 amide bonds. The molecule has 3 N–H and O–H groups in total. The van der Waals surface area contributed by atoms with Crippen LogP contribution >= 0.6 is 0 Å². The molecule has 1 atom stereocenters. The first-order valence-corrected chi connectivity index (χ1v) is 5.01. The van der Waals surface area contributed by atoms with Crippen molar-refractivity contribution < 1.29 is 14.6 Å². The summed E-state index contributed by atoms with van der Waals surface area (Å²) in [6, 6.07) is 3.69. The second kappa shape index (κ2) is 4.08. The SMILES string of the molecule is Cc1c(C(O)CCN)ccc2c1OCO2. The maximum absolute atomic E-state index is 9.86. The number of benzene rings is 1. The molecular formula is C11H15NO3. The highest BCUT2D eigenvalue weighted by molar-refractivity contribution is 5.51. The molecule has 82 valence electrons. The van der Waals surface area contributed by atoms with E-state index in [0.717, 1.165) is 22.6 Å². The Balaban J connectivity index is 2.33. The quantitative estimate of drug-likeness (QED) is 0.782. The predicted molar refractivity (Wildman–Crippen MR) is 55.9 cm³/mol. The summed E-state index contributed by atoms with van der Waals surface area (Å²) in [6.07, 6.45) is 0.0324. The van der Waals surface area contributed by atoms with Crippen LogP contribution in [0.15, 0.2) is 12.1 Å². The summed E-state index contributed by atoms with van der Waals surface area (Å²) < 4.78 is 10.6. The van der Waals surface area contributed by atoms with Crippen molar-refractivity contribution in [3.8, 4) is 11.5 Å². The van der Waals surface area contributed by atoms with E-state index in [2.05, 4.69) is 0 Å². The second-order valence-electron chi connectivity index (χ2n) is 3.61. The molecule has 15 heavy (non-hydrogen) atoms. The Morgan fingerprint density at radius 3 is 3.00 bits per heavy atom. The number of aliphatic hydroxyl groups is 1. The first-order valence-electron chi connectivity index (χ1n) is 5.01. The maximum atomic E-state index is 9.86. The first-order chi connectivity index (χ1) is 7.24. The molecule has 1 aromatic carbocycles. The number of nitrogens with two attached hydrogens (primary N) is 1. The molecule has 1 aliphatic rings. The van der Waals surface area contributed by atoms with E-state index in [9.17, 15) is 5.11 Å². The van der Waals surface area contributed by atoms with E-state index in [1.54, 1.807) is 0 Å². The molecule has 1 aliphatic heterocycles. The zero-order chi connectivity index (χ0) is 10.8. The van der Waals surface area contributed by atoms with Crippen molar-refractivity contribution in [3.63, 3.8) is 0 Å². The van der Waals surface area contributed by atoms with Crippen molar-refractivity contribution in [2.75, 3.05) is 13.3 Å². The van der Waals surface area contributed by atoms with Gasteiger partial charge in [0.05, 0.1) is 6.10 Å². The van der Waals surface area contributed by atoms with Gasteiger partial charge in [0.1, 0.15) is 0 Å². The van der Waals surface area contributed by atoms with Gasteiger partial charge in [-0.25, -0.2) is 0 Å². The fourth-order valence-electron chi connectivity index (χ4n) is 1.80. The summed E-state index contributed by atoms with van der Waals surface area (Å²) in [6.45, 7) is 2.64. The van der Waals surface area contributed by atoms with E-state index < -0.39 is 6.10 Å². The van der Waals surface area contributed by atoms with Gasteiger partial charge in [0.15, 0.2) is 11.5 Å². The average Bonchev–Trinajstić information content (AvgIpc) is 2.67. The molecule has 0 saturated carbocycles. The Labute approximate surface area is 88.6 Å². The summed E-state index contributed by atoms with van der Waals surface area (Å²) in [7, 11) is 0. The molecule has 0 spiro atoms. The summed E-state index contributed by atoms with van der Waals surface area (Å²) in [5, 5.41) is 9.86. The minimum atomic E-state index is -0.524. The monoisotopic (exact) mass is 209 g/mol. The van der Waals surface area contributed by atoms with Gasteiger partial charge in [-0.1, -0.05) is 6.07 Å². The van der Waals surface area contributed by atoms with Crippen LogP contribution in [-0.2, 0) is 0 Å². The van der Waals surface area contributed by atoms with Crippen molar-refractivity contribution in [2.24, 2.45) is 5.73 Å². The lowest BCUT2D eigenvalue weighted by molar-refractivity contribution is 0.166. The second-order valence-corrected chi connectivity index (χ2v) is 3.61. The molecule has 0 bridgehead atoms. The van der Waals surface area contributed by atoms with Crippen LogP contribution in [0, 0.1) is 6.92 Å². The van der Waals surface area contributed by atoms with Crippen molar-refractivity contribution in [3.05, 3.63) is 23.3 Å². The lowest BCUT2D eigenvalue weighted by Crippen LogP contribution is -2.08. The van der Waals surface area contributed by atoms with Gasteiger partial charge >= 0.3 is 0 Å². The van der Waals surface area contributed by atoms with Gasteiger partial charge in [0.25, 0.3) is 0 Å². The average molecular weight is 209 g/mol. The summed E-state index contributed by atoms with van der Waals surface area (Å²) in [5.41, 5.74) is 7.22. The van der Waals surface area contributed by atoms with Crippen molar-refractivity contribution in [1.29, 1.82) is 0 Å². The van der Waals surface area contributed by atoms with E-state index in [1.807, 2.05) is 19.1 Å². The fourth-order valence-corrected chi connectivity index (χ4v) is 1.80. The molecule has 1 heterocycles. The Hall–Kier alpha value is -1.26. The van der Waals surface area contributed by atoms with E-state index in [4.69, 9.17) is 15.2 Å². The number of ether oxygens (including phenoxy) is 2. The van der Waals surface area contributed by atoms with Gasteiger partial charge in [-0.2, -0.15) is 0 Å². The van der Waals surface area contributed by atoms with Crippen LogP contribution in [0.3, 0.4) is 0 Å². The number of aliphatic hydroxyl groups excluding tert-OH is 1. The summed E-state index contributed by atoms with van der Waals surface area (Å²) in [5.74, 6) is 1.49. The number of hydrogen-bond acceptors (Lipinski definition) is 4. The fraction of sp³-hybridized carbons (Fsp3) is 0.455. The molecule has 4 heteroatoms.